The number of benzene rings is 1. The minimum absolute atomic E-state index is 0.0932. The van der Waals surface area contributed by atoms with Gasteiger partial charge in [0.1, 0.15) is 5.82 Å². The van der Waals surface area contributed by atoms with Gasteiger partial charge in [0.2, 0.25) is 0 Å². The van der Waals surface area contributed by atoms with Gasteiger partial charge in [-0.05, 0) is 58.2 Å². The molecule has 2 atom stereocenters. The number of aromatic nitrogens is 3. The normalized spacial score (nSPS) is 16.2. The number of halogens is 1. The number of carboxylic acid groups (broad SMARTS) is 1. The topological polar surface area (TPSA) is 108 Å². The Balaban J connectivity index is 1.91. The molecular formula is C27H32FN3O4. The van der Waals surface area contributed by atoms with E-state index in [1.807, 2.05) is 11.6 Å². The minimum Gasteiger partial charge on any atom is -0.481 e. The summed E-state index contributed by atoms with van der Waals surface area (Å²) in [5.41, 5.74) is 4.69. The molecule has 3 aromatic rings. The first-order valence-corrected chi connectivity index (χ1v) is 11.9. The minimum atomic E-state index is -1.15. The number of hydrogen-bond donors (Lipinski definition) is 3. The van der Waals surface area contributed by atoms with Crippen LogP contribution in [0.3, 0.4) is 0 Å². The highest BCUT2D eigenvalue weighted by Gasteiger charge is 2.32. The Hall–Kier alpha value is -3.10. The molecule has 186 valence electrons. The lowest BCUT2D eigenvalue weighted by Crippen LogP contribution is -2.23. The van der Waals surface area contributed by atoms with Gasteiger partial charge in [-0.25, -0.2) is 14.1 Å². The number of aryl methyl sites for hydroxylation is 1. The van der Waals surface area contributed by atoms with Crippen LogP contribution in [0.25, 0.3) is 28.2 Å². The van der Waals surface area contributed by atoms with Gasteiger partial charge >= 0.3 is 5.97 Å². The van der Waals surface area contributed by atoms with Crippen molar-refractivity contribution in [3.05, 3.63) is 53.1 Å². The van der Waals surface area contributed by atoms with Crippen LogP contribution in [0.4, 0.5) is 4.39 Å². The van der Waals surface area contributed by atoms with Gasteiger partial charge in [-0.15, -0.1) is 0 Å². The van der Waals surface area contributed by atoms with E-state index < -0.39 is 24.6 Å². The second kappa shape index (κ2) is 9.51. The van der Waals surface area contributed by atoms with E-state index in [0.29, 0.717) is 0 Å². The number of aliphatic hydroxyl groups excluding tert-OH is 2. The van der Waals surface area contributed by atoms with Crippen molar-refractivity contribution in [1.82, 2.24) is 14.8 Å². The summed E-state index contributed by atoms with van der Waals surface area (Å²) >= 11 is 0. The number of aliphatic carboxylic acids is 1. The summed E-state index contributed by atoms with van der Waals surface area (Å²) in [6.45, 7) is 8.14. The maximum Gasteiger partial charge on any atom is 0.305 e. The van der Waals surface area contributed by atoms with Crippen LogP contribution < -0.4 is 0 Å². The zero-order valence-corrected chi connectivity index (χ0v) is 20.5. The molecule has 1 saturated carbocycles. The van der Waals surface area contributed by atoms with Gasteiger partial charge in [-0.2, -0.15) is 5.10 Å². The number of fused-ring (bicyclic) bond motifs is 1. The molecule has 0 aliphatic heterocycles. The first-order valence-electron chi connectivity index (χ1n) is 11.9. The van der Waals surface area contributed by atoms with E-state index >= 15 is 0 Å². The van der Waals surface area contributed by atoms with E-state index in [0.717, 1.165) is 52.0 Å². The van der Waals surface area contributed by atoms with E-state index in [1.165, 1.54) is 12.1 Å². The van der Waals surface area contributed by atoms with Crippen LogP contribution in [0.2, 0.25) is 0 Å². The van der Waals surface area contributed by atoms with Crippen LogP contribution in [0, 0.1) is 12.7 Å². The van der Waals surface area contributed by atoms with Crippen molar-refractivity contribution >= 4 is 23.1 Å². The largest absolute Gasteiger partial charge is 0.481 e. The van der Waals surface area contributed by atoms with Crippen molar-refractivity contribution in [3.63, 3.8) is 0 Å². The second-order valence-corrected chi connectivity index (χ2v) is 10.3. The summed E-state index contributed by atoms with van der Waals surface area (Å²) in [6, 6.07) is 6.32. The molecule has 8 heteroatoms. The standard InChI is InChI=1S/C27H32FN3O4/c1-15-23-24(16-7-9-18(28)10-8-16)21(12-11-19(32)13-20(33)14-22(34)35)25(17-5-6-17)29-26(23)31(30-15)27(2,3)4/h7-12,17,19-20,32-33H,5-6,13-14H2,1-4H3,(H,34,35). The van der Waals surface area contributed by atoms with E-state index in [1.54, 1.807) is 24.3 Å². The third-order valence-corrected chi connectivity index (χ3v) is 6.20. The molecule has 1 aliphatic rings. The summed E-state index contributed by atoms with van der Waals surface area (Å²) in [5, 5.41) is 35.0. The number of carbonyl (C=O) groups is 1. The average molecular weight is 482 g/mol. The van der Waals surface area contributed by atoms with Crippen molar-refractivity contribution in [3.8, 4) is 11.1 Å². The van der Waals surface area contributed by atoms with Crippen LogP contribution in [-0.2, 0) is 10.3 Å². The molecule has 0 amide bonds. The Morgan fingerprint density at radius 2 is 1.89 bits per heavy atom. The Morgan fingerprint density at radius 3 is 2.46 bits per heavy atom. The zero-order valence-electron chi connectivity index (χ0n) is 20.5. The fourth-order valence-corrected chi connectivity index (χ4v) is 4.42. The van der Waals surface area contributed by atoms with Gasteiger partial charge < -0.3 is 15.3 Å². The first kappa shape index (κ1) is 25.0. The molecule has 0 spiro atoms. The molecule has 7 nitrogen and oxygen atoms in total. The molecule has 3 N–H and O–H groups in total. The smallest absolute Gasteiger partial charge is 0.305 e. The fraction of sp³-hybridized carbons (Fsp3) is 0.444. The molecule has 2 unspecified atom stereocenters. The molecule has 1 fully saturated rings. The molecule has 2 aromatic heterocycles. The van der Waals surface area contributed by atoms with Crippen molar-refractivity contribution < 1.29 is 24.5 Å². The maximum absolute atomic E-state index is 13.8. The van der Waals surface area contributed by atoms with Crippen LogP contribution in [-0.4, -0.2) is 48.3 Å². The van der Waals surface area contributed by atoms with E-state index in [-0.39, 0.29) is 23.7 Å². The summed E-state index contributed by atoms with van der Waals surface area (Å²) in [6.07, 6.45) is 2.66. The van der Waals surface area contributed by atoms with Crippen LogP contribution in [0.1, 0.15) is 69.3 Å². The number of carboxylic acids is 1. The van der Waals surface area contributed by atoms with Gasteiger partial charge in [0.25, 0.3) is 0 Å². The lowest BCUT2D eigenvalue weighted by atomic mass is 9.92. The van der Waals surface area contributed by atoms with Crippen LogP contribution in [0.15, 0.2) is 30.3 Å². The Kier molecular flexibility index (Phi) is 6.79. The van der Waals surface area contributed by atoms with Crippen LogP contribution in [0.5, 0.6) is 0 Å². The van der Waals surface area contributed by atoms with Gasteiger partial charge in [0.05, 0.1) is 40.9 Å². The highest BCUT2D eigenvalue weighted by atomic mass is 19.1. The van der Waals surface area contributed by atoms with E-state index in [9.17, 15) is 19.4 Å². The summed E-state index contributed by atoms with van der Waals surface area (Å²) in [5.74, 6) is -1.18. The molecule has 4 rings (SSSR count). The summed E-state index contributed by atoms with van der Waals surface area (Å²) in [7, 11) is 0. The van der Waals surface area contributed by atoms with Gasteiger partial charge in [0, 0.05) is 23.5 Å². The van der Waals surface area contributed by atoms with E-state index in [2.05, 4.69) is 20.8 Å². The Bertz CT molecular complexity index is 1270. The molecule has 2 heterocycles. The van der Waals surface area contributed by atoms with E-state index in [4.69, 9.17) is 15.2 Å². The van der Waals surface area contributed by atoms with Crippen molar-refractivity contribution in [1.29, 1.82) is 0 Å². The first-order chi connectivity index (χ1) is 16.5. The van der Waals surface area contributed by atoms with Gasteiger partial charge in [-0.1, -0.05) is 24.3 Å². The van der Waals surface area contributed by atoms with Crippen molar-refractivity contribution in [2.45, 2.75) is 77.0 Å². The van der Waals surface area contributed by atoms with Crippen LogP contribution >= 0.6 is 0 Å². The molecule has 0 radical (unpaired) electrons. The Morgan fingerprint density at radius 1 is 1.23 bits per heavy atom. The highest BCUT2D eigenvalue weighted by Crippen LogP contribution is 2.46. The lowest BCUT2D eigenvalue weighted by molar-refractivity contribution is -0.139. The number of rotatable bonds is 8. The molecule has 1 aromatic carbocycles. The summed E-state index contributed by atoms with van der Waals surface area (Å²) < 4.78 is 15.7. The second-order valence-electron chi connectivity index (χ2n) is 10.3. The lowest BCUT2D eigenvalue weighted by Gasteiger charge is -2.21. The number of aliphatic hydroxyl groups is 2. The monoisotopic (exact) mass is 481 g/mol. The fourth-order valence-electron chi connectivity index (χ4n) is 4.42. The number of pyridine rings is 1. The number of hydrogen-bond acceptors (Lipinski definition) is 5. The molecule has 0 saturated heterocycles. The quantitative estimate of drug-likeness (QED) is 0.427. The maximum atomic E-state index is 13.8. The van der Waals surface area contributed by atoms with Crippen molar-refractivity contribution in [2.75, 3.05) is 0 Å². The van der Waals surface area contributed by atoms with Gasteiger partial charge in [-0.3, -0.25) is 4.79 Å². The average Bonchev–Trinajstić information content (AvgIpc) is 3.54. The number of nitrogens with zero attached hydrogens (tertiary/aromatic N) is 3. The molecule has 1 aliphatic carbocycles. The third kappa shape index (κ3) is 5.44. The molecule has 35 heavy (non-hydrogen) atoms. The summed E-state index contributed by atoms with van der Waals surface area (Å²) in [4.78, 5) is 15.9. The highest BCUT2D eigenvalue weighted by molar-refractivity contribution is 6.00. The third-order valence-electron chi connectivity index (χ3n) is 6.20. The van der Waals surface area contributed by atoms with Crippen molar-refractivity contribution in [2.24, 2.45) is 0 Å². The predicted molar refractivity (Wildman–Crippen MR) is 133 cm³/mol. The van der Waals surface area contributed by atoms with Gasteiger partial charge in [0.15, 0.2) is 5.65 Å². The zero-order chi connectivity index (χ0) is 25.5. The predicted octanol–water partition coefficient (Wildman–Crippen LogP) is 4.78. The molecular weight excluding hydrogens is 449 g/mol. The SMILES string of the molecule is Cc1nn(C(C)(C)C)c2nc(C3CC3)c(C=CC(O)CC(O)CC(=O)O)c(-c3ccc(F)cc3)c12. The molecule has 0 bridgehead atoms. The Labute approximate surface area is 203 Å².